The predicted octanol–water partition coefficient (Wildman–Crippen LogP) is 3.76. The molecule has 10 heteroatoms. The summed E-state index contributed by atoms with van der Waals surface area (Å²) in [7, 11) is 3.54. The standard InChI is InChI=1S/C26H26N6O4/c1-28-12-4-7-24(28)23-18-25(31(27-23)20-5-3-6-21(17-20)32(34)35)26(33)30-15-13-29(14-16-30)19-8-10-22(36-2)11-9-19/h3-12,17-18H,13-16H2,1-2H3. The summed E-state index contributed by atoms with van der Waals surface area (Å²) in [6.45, 7) is 2.47. The van der Waals surface area contributed by atoms with E-state index in [1.807, 2.05) is 54.2 Å². The van der Waals surface area contributed by atoms with Crippen molar-refractivity contribution in [2.24, 2.45) is 7.05 Å². The number of nitrogens with zero attached hydrogens (tertiary/aromatic N) is 6. The fraction of sp³-hybridized carbons (Fsp3) is 0.231. The number of carbonyl (C=O) groups is 1. The maximum absolute atomic E-state index is 13.7. The summed E-state index contributed by atoms with van der Waals surface area (Å²) < 4.78 is 8.67. The van der Waals surface area contributed by atoms with Crippen LogP contribution in [-0.4, -0.2) is 63.4 Å². The van der Waals surface area contributed by atoms with E-state index >= 15 is 0 Å². The molecule has 1 fully saturated rings. The van der Waals surface area contributed by atoms with Crippen molar-refractivity contribution in [1.82, 2.24) is 19.2 Å². The number of non-ortho nitro benzene ring substituents is 1. The van der Waals surface area contributed by atoms with Crippen LogP contribution < -0.4 is 9.64 Å². The lowest BCUT2D eigenvalue weighted by Crippen LogP contribution is -2.49. The zero-order chi connectivity index (χ0) is 25.2. The monoisotopic (exact) mass is 486 g/mol. The highest BCUT2D eigenvalue weighted by molar-refractivity contribution is 5.94. The van der Waals surface area contributed by atoms with Crippen LogP contribution in [-0.2, 0) is 7.05 Å². The van der Waals surface area contributed by atoms with E-state index in [4.69, 9.17) is 4.74 Å². The van der Waals surface area contributed by atoms with Gasteiger partial charge in [0.15, 0.2) is 0 Å². The number of hydrogen-bond acceptors (Lipinski definition) is 6. The third-order valence-electron chi connectivity index (χ3n) is 6.42. The fourth-order valence-corrected chi connectivity index (χ4v) is 4.44. The Morgan fingerprint density at radius 2 is 1.72 bits per heavy atom. The smallest absolute Gasteiger partial charge is 0.272 e. The van der Waals surface area contributed by atoms with E-state index in [0.717, 1.165) is 17.1 Å². The first-order valence-corrected chi connectivity index (χ1v) is 11.6. The Balaban J connectivity index is 1.43. The van der Waals surface area contributed by atoms with Crippen LogP contribution >= 0.6 is 0 Å². The van der Waals surface area contributed by atoms with Gasteiger partial charge in [-0.2, -0.15) is 5.10 Å². The molecule has 3 heterocycles. The van der Waals surface area contributed by atoms with Gasteiger partial charge in [0.05, 0.1) is 23.4 Å². The van der Waals surface area contributed by atoms with Gasteiger partial charge in [-0.1, -0.05) is 6.07 Å². The molecular weight excluding hydrogens is 460 g/mol. The number of hydrogen-bond donors (Lipinski definition) is 0. The van der Waals surface area contributed by atoms with Gasteiger partial charge in [0, 0.05) is 57.2 Å². The molecule has 0 radical (unpaired) electrons. The van der Waals surface area contributed by atoms with Gasteiger partial charge in [-0.15, -0.1) is 0 Å². The van der Waals surface area contributed by atoms with Crippen molar-refractivity contribution < 1.29 is 14.5 Å². The second-order valence-corrected chi connectivity index (χ2v) is 8.59. The Morgan fingerprint density at radius 3 is 2.36 bits per heavy atom. The molecule has 2 aromatic heterocycles. The maximum atomic E-state index is 13.7. The number of ether oxygens (including phenoxy) is 1. The number of methoxy groups -OCH3 is 1. The molecule has 1 amide bonds. The number of carbonyl (C=O) groups excluding carboxylic acids is 1. The highest BCUT2D eigenvalue weighted by atomic mass is 16.6. The number of nitro groups is 1. The Kier molecular flexibility index (Phi) is 6.16. The number of anilines is 1. The molecule has 36 heavy (non-hydrogen) atoms. The molecule has 1 aliphatic rings. The van der Waals surface area contributed by atoms with E-state index in [1.54, 1.807) is 30.2 Å². The number of aromatic nitrogens is 3. The summed E-state index contributed by atoms with van der Waals surface area (Å²) in [5.74, 6) is 0.639. The van der Waals surface area contributed by atoms with Gasteiger partial charge in [0.25, 0.3) is 11.6 Å². The van der Waals surface area contributed by atoms with Crippen molar-refractivity contribution >= 4 is 17.3 Å². The van der Waals surface area contributed by atoms with Crippen LogP contribution in [0.4, 0.5) is 11.4 Å². The third-order valence-corrected chi connectivity index (χ3v) is 6.42. The Bertz CT molecular complexity index is 1400. The molecule has 4 aromatic rings. The summed E-state index contributed by atoms with van der Waals surface area (Å²) in [5, 5.41) is 16.0. The van der Waals surface area contributed by atoms with Gasteiger partial charge in [0.1, 0.15) is 17.1 Å². The average Bonchev–Trinajstić information content (AvgIpc) is 3.55. The molecule has 0 unspecified atom stereocenters. The summed E-state index contributed by atoms with van der Waals surface area (Å²) in [4.78, 5) is 28.6. The van der Waals surface area contributed by atoms with E-state index < -0.39 is 4.92 Å². The quantitative estimate of drug-likeness (QED) is 0.304. The Hall–Kier alpha value is -4.60. The lowest BCUT2D eigenvalue weighted by atomic mass is 10.2. The highest BCUT2D eigenvalue weighted by Gasteiger charge is 2.27. The molecule has 5 rings (SSSR count). The minimum absolute atomic E-state index is 0.0603. The van der Waals surface area contributed by atoms with Gasteiger partial charge in [-0.3, -0.25) is 14.9 Å². The lowest BCUT2D eigenvalue weighted by molar-refractivity contribution is -0.384. The molecule has 1 aliphatic heterocycles. The normalized spacial score (nSPS) is 13.6. The first-order valence-electron chi connectivity index (χ1n) is 11.6. The van der Waals surface area contributed by atoms with E-state index in [1.165, 1.54) is 16.8 Å². The van der Waals surface area contributed by atoms with E-state index in [9.17, 15) is 14.9 Å². The number of benzene rings is 2. The second kappa shape index (κ2) is 9.57. The van der Waals surface area contributed by atoms with Crippen molar-refractivity contribution in [1.29, 1.82) is 0 Å². The van der Waals surface area contributed by atoms with Crippen LogP contribution in [0.3, 0.4) is 0 Å². The number of amides is 1. The minimum atomic E-state index is -0.453. The molecule has 0 aliphatic carbocycles. The van der Waals surface area contributed by atoms with Gasteiger partial charge in [-0.05, 0) is 48.5 Å². The summed E-state index contributed by atoms with van der Waals surface area (Å²) in [6, 6.07) is 19.6. The lowest BCUT2D eigenvalue weighted by Gasteiger charge is -2.36. The molecule has 10 nitrogen and oxygen atoms in total. The molecule has 0 saturated carbocycles. The molecular formula is C26H26N6O4. The molecule has 184 valence electrons. The number of rotatable bonds is 6. The largest absolute Gasteiger partial charge is 0.497 e. The van der Waals surface area contributed by atoms with Gasteiger partial charge < -0.3 is 19.1 Å². The molecule has 0 N–H and O–H groups in total. The van der Waals surface area contributed by atoms with E-state index in [-0.39, 0.29) is 11.6 Å². The molecule has 2 aromatic carbocycles. The van der Waals surface area contributed by atoms with Crippen LogP contribution in [0, 0.1) is 10.1 Å². The van der Waals surface area contributed by atoms with Crippen molar-refractivity contribution in [3.8, 4) is 22.8 Å². The minimum Gasteiger partial charge on any atom is -0.497 e. The second-order valence-electron chi connectivity index (χ2n) is 8.59. The molecule has 0 atom stereocenters. The van der Waals surface area contributed by atoms with Gasteiger partial charge in [-0.25, -0.2) is 4.68 Å². The van der Waals surface area contributed by atoms with Crippen LogP contribution in [0.25, 0.3) is 17.1 Å². The van der Waals surface area contributed by atoms with Crippen LogP contribution in [0.1, 0.15) is 10.5 Å². The zero-order valence-electron chi connectivity index (χ0n) is 20.1. The van der Waals surface area contributed by atoms with Crippen molar-refractivity contribution in [3.05, 3.63) is 88.7 Å². The van der Waals surface area contributed by atoms with Crippen LogP contribution in [0.5, 0.6) is 5.75 Å². The van der Waals surface area contributed by atoms with Crippen molar-refractivity contribution in [2.45, 2.75) is 0 Å². The van der Waals surface area contributed by atoms with Crippen LogP contribution in [0.15, 0.2) is 72.9 Å². The SMILES string of the molecule is COc1ccc(N2CCN(C(=O)c3cc(-c4cccn4C)nn3-c3cccc([N+](=O)[O-])c3)CC2)cc1. The summed E-state index contributed by atoms with van der Waals surface area (Å²) in [5.41, 5.74) is 3.31. The first kappa shape index (κ1) is 23.2. The third kappa shape index (κ3) is 4.40. The number of piperazine rings is 1. The fourth-order valence-electron chi connectivity index (χ4n) is 4.44. The molecule has 0 bridgehead atoms. The molecule has 1 saturated heterocycles. The van der Waals surface area contributed by atoms with E-state index in [0.29, 0.717) is 43.3 Å². The zero-order valence-corrected chi connectivity index (χ0v) is 20.1. The van der Waals surface area contributed by atoms with Crippen molar-refractivity contribution in [3.63, 3.8) is 0 Å². The highest BCUT2D eigenvalue weighted by Crippen LogP contribution is 2.26. The summed E-state index contributed by atoms with van der Waals surface area (Å²) >= 11 is 0. The number of nitro benzene ring substituents is 1. The van der Waals surface area contributed by atoms with Crippen LogP contribution in [0.2, 0.25) is 0 Å². The molecule has 0 spiro atoms. The van der Waals surface area contributed by atoms with E-state index in [2.05, 4.69) is 10.00 Å². The predicted molar refractivity (Wildman–Crippen MR) is 136 cm³/mol. The van der Waals surface area contributed by atoms with Gasteiger partial charge >= 0.3 is 0 Å². The number of aryl methyl sites for hydroxylation is 1. The van der Waals surface area contributed by atoms with Gasteiger partial charge in [0.2, 0.25) is 0 Å². The topological polar surface area (TPSA) is 98.7 Å². The first-order chi connectivity index (χ1) is 17.4. The summed E-state index contributed by atoms with van der Waals surface area (Å²) in [6.07, 6.45) is 1.90. The Morgan fingerprint density at radius 1 is 0.972 bits per heavy atom. The average molecular weight is 487 g/mol. The maximum Gasteiger partial charge on any atom is 0.272 e. The van der Waals surface area contributed by atoms with Crippen molar-refractivity contribution in [2.75, 3.05) is 38.2 Å². The Labute approximate surface area is 208 Å².